The average Bonchev–Trinajstić information content (AvgIpc) is 2.35. The van der Waals surface area contributed by atoms with Gasteiger partial charge in [-0.2, -0.15) is 0 Å². The van der Waals surface area contributed by atoms with Crippen molar-refractivity contribution in [2.75, 3.05) is 7.11 Å². The zero-order valence-corrected chi connectivity index (χ0v) is 9.97. The summed E-state index contributed by atoms with van der Waals surface area (Å²) in [5, 5.41) is 0. The molecule has 0 aliphatic heterocycles. The van der Waals surface area contributed by atoms with E-state index < -0.39 is 0 Å². The normalized spacial score (nSPS) is 14.2. The van der Waals surface area contributed by atoms with Gasteiger partial charge in [0.1, 0.15) is 0 Å². The quantitative estimate of drug-likeness (QED) is 0.718. The van der Waals surface area contributed by atoms with E-state index >= 15 is 0 Å². The average molecular weight is 222 g/mol. The van der Waals surface area contributed by atoms with Crippen molar-refractivity contribution in [1.82, 2.24) is 0 Å². The van der Waals surface area contributed by atoms with Crippen LogP contribution in [-0.2, 0) is 20.9 Å². The lowest BCUT2D eigenvalue weighted by molar-refractivity contribution is -0.150. The molecule has 1 aromatic carbocycles. The fourth-order valence-electron chi connectivity index (χ4n) is 1.32. The van der Waals surface area contributed by atoms with Crippen molar-refractivity contribution < 1.29 is 14.3 Å². The molecule has 0 spiro atoms. The maximum Gasteiger partial charge on any atom is 0.311 e. The van der Waals surface area contributed by atoms with Gasteiger partial charge in [0.05, 0.1) is 25.7 Å². The number of rotatable bonds is 5. The maximum atomic E-state index is 11.3. The summed E-state index contributed by atoms with van der Waals surface area (Å²) < 4.78 is 10.3. The van der Waals surface area contributed by atoms with Gasteiger partial charge >= 0.3 is 5.97 Å². The molecular weight excluding hydrogens is 204 g/mol. The number of ether oxygens (including phenoxy) is 2. The summed E-state index contributed by atoms with van der Waals surface area (Å²) in [6, 6.07) is 9.88. The molecule has 0 saturated heterocycles. The Hall–Kier alpha value is -1.35. The second-order valence-electron chi connectivity index (χ2n) is 3.81. The minimum Gasteiger partial charge on any atom is -0.469 e. The smallest absolute Gasteiger partial charge is 0.311 e. The van der Waals surface area contributed by atoms with Crippen molar-refractivity contribution >= 4 is 5.97 Å². The van der Waals surface area contributed by atoms with Crippen LogP contribution in [0.4, 0.5) is 0 Å². The zero-order valence-electron chi connectivity index (χ0n) is 9.97. The molecule has 3 heteroatoms. The summed E-state index contributed by atoms with van der Waals surface area (Å²) in [6.45, 7) is 4.20. The topological polar surface area (TPSA) is 35.5 Å². The van der Waals surface area contributed by atoms with Crippen molar-refractivity contribution in [3.63, 3.8) is 0 Å². The van der Waals surface area contributed by atoms with Crippen LogP contribution in [0.5, 0.6) is 0 Å². The third-order valence-electron chi connectivity index (χ3n) is 2.63. The molecular formula is C13H18O3. The molecule has 0 N–H and O–H groups in total. The molecule has 3 nitrogen and oxygen atoms in total. The summed E-state index contributed by atoms with van der Waals surface area (Å²) in [5.74, 6) is -0.478. The van der Waals surface area contributed by atoms with E-state index in [1.54, 1.807) is 0 Å². The van der Waals surface area contributed by atoms with E-state index in [0.29, 0.717) is 6.61 Å². The molecule has 0 heterocycles. The molecule has 88 valence electrons. The first kappa shape index (κ1) is 12.7. The lowest BCUT2D eigenvalue weighted by Crippen LogP contribution is -2.26. The van der Waals surface area contributed by atoms with Crippen molar-refractivity contribution in [3.05, 3.63) is 35.9 Å². The van der Waals surface area contributed by atoms with Crippen LogP contribution in [-0.4, -0.2) is 19.2 Å². The van der Waals surface area contributed by atoms with E-state index in [2.05, 4.69) is 4.74 Å². The third-order valence-corrected chi connectivity index (χ3v) is 2.63. The van der Waals surface area contributed by atoms with Gasteiger partial charge in [-0.15, -0.1) is 0 Å². The number of methoxy groups -OCH3 is 1. The molecule has 0 bridgehead atoms. The van der Waals surface area contributed by atoms with Crippen molar-refractivity contribution in [2.24, 2.45) is 5.92 Å². The Kier molecular flexibility index (Phi) is 4.99. The Labute approximate surface area is 96.4 Å². The number of carbonyl (C=O) groups excluding carboxylic acids is 1. The Balaban J connectivity index is 2.41. The Morgan fingerprint density at radius 2 is 1.88 bits per heavy atom. The molecule has 1 aromatic rings. The summed E-state index contributed by atoms with van der Waals surface area (Å²) in [6.07, 6.45) is -0.146. The highest BCUT2D eigenvalue weighted by molar-refractivity contribution is 5.72. The van der Waals surface area contributed by atoms with Gasteiger partial charge in [-0.05, 0) is 19.4 Å². The van der Waals surface area contributed by atoms with Crippen LogP contribution in [0.25, 0.3) is 0 Å². The predicted octanol–water partition coefficient (Wildman–Crippen LogP) is 2.40. The molecule has 0 radical (unpaired) electrons. The second kappa shape index (κ2) is 6.28. The maximum absolute atomic E-state index is 11.3. The van der Waals surface area contributed by atoms with Gasteiger partial charge in [-0.3, -0.25) is 4.79 Å². The van der Waals surface area contributed by atoms with E-state index in [9.17, 15) is 4.79 Å². The number of carbonyl (C=O) groups is 1. The molecule has 2 atom stereocenters. The monoisotopic (exact) mass is 222 g/mol. The molecule has 1 rings (SSSR count). The minimum atomic E-state index is -0.242. The molecule has 0 aliphatic rings. The molecule has 0 aliphatic carbocycles. The number of esters is 1. The summed E-state index contributed by atoms with van der Waals surface area (Å²) in [4.78, 5) is 11.3. The van der Waals surface area contributed by atoms with Gasteiger partial charge in [0.2, 0.25) is 0 Å². The van der Waals surface area contributed by atoms with Crippen LogP contribution in [0.2, 0.25) is 0 Å². The Morgan fingerprint density at radius 1 is 1.25 bits per heavy atom. The molecule has 0 fully saturated rings. The van der Waals surface area contributed by atoms with E-state index in [4.69, 9.17) is 4.74 Å². The lowest BCUT2D eigenvalue weighted by Gasteiger charge is -2.18. The van der Waals surface area contributed by atoms with Gasteiger partial charge < -0.3 is 9.47 Å². The van der Waals surface area contributed by atoms with Crippen LogP contribution in [0, 0.1) is 5.92 Å². The third kappa shape index (κ3) is 3.66. The highest BCUT2D eigenvalue weighted by atomic mass is 16.5. The SMILES string of the molecule is COC(=O)[C@@H](C)[C@H](C)OCc1ccccc1. The highest BCUT2D eigenvalue weighted by Crippen LogP contribution is 2.11. The van der Waals surface area contributed by atoms with E-state index in [1.807, 2.05) is 44.2 Å². The minimum absolute atomic E-state index is 0.146. The summed E-state index contributed by atoms with van der Waals surface area (Å²) in [5.41, 5.74) is 1.10. The highest BCUT2D eigenvalue weighted by Gasteiger charge is 2.21. The first-order chi connectivity index (χ1) is 7.65. The fraction of sp³-hybridized carbons (Fsp3) is 0.462. The van der Waals surface area contributed by atoms with Gasteiger partial charge in [0.15, 0.2) is 0 Å². The number of hydrogen-bond acceptors (Lipinski definition) is 3. The van der Waals surface area contributed by atoms with Gasteiger partial charge in [0, 0.05) is 0 Å². The van der Waals surface area contributed by atoms with Crippen LogP contribution in [0.3, 0.4) is 0 Å². The number of benzene rings is 1. The van der Waals surface area contributed by atoms with Crippen LogP contribution in [0.15, 0.2) is 30.3 Å². The van der Waals surface area contributed by atoms with E-state index in [-0.39, 0.29) is 18.0 Å². The summed E-state index contributed by atoms with van der Waals surface area (Å²) in [7, 11) is 1.39. The van der Waals surface area contributed by atoms with Crippen molar-refractivity contribution in [2.45, 2.75) is 26.6 Å². The number of hydrogen-bond donors (Lipinski definition) is 0. The Morgan fingerprint density at radius 3 is 2.44 bits per heavy atom. The lowest BCUT2D eigenvalue weighted by atomic mass is 10.1. The van der Waals surface area contributed by atoms with E-state index in [1.165, 1.54) is 7.11 Å². The van der Waals surface area contributed by atoms with Crippen molar-refractivity contribution in [1.29, 1.82) is 0 Å². The van der Waals surface area contributed by atoms with Crippen molar-refractivity contribution in [3.8, 4) is 0 Å². The predicted molar refractivity (Wildman–Crippen MR) is 61.9 cm³/mol. The van der Waals surface area contributed by atoms with Gasteiger partial charge in [-0.1, -0.05) is 30.3 Å². The molecule has 0 unspecified atom stereocenters. The van der Waals surface area contributed by atoms with Gasteiger partial charge in [0.25, 0.3) is 0 Å². The zero-order chi connectivity index (χ0) is 12.0. The molecule has 0 aromatic heterocycles. The van der Waals surface area contributed by atoms with E-state index in [0.717, 1.165) is 5.56 Å². The standard InChI is InChI=1S/C13H18O3/c1-10(13(14)15-3)11(2)16-9-12-7-5-4-6-8-12/h4-8,10-11H,9H2,1-3H3/t10-,11-/m0/s1. The first-order valence-electron chi connectivity index (χ1n) is 5.38. The van der Waals surface area contributed by atoms with Crippen LogP contribution < -0.4 is 0 Å². The molecule has 16 heavy (non-hydrogen) atoms. The second-order valence-corrected chi connectivity index (χ2v) is 3.81. The first-order valence-corrected chi connectivity index (χ1v) is 5.38. The Bertz CT molecular complexity index is 321. The molecule has 0 saturated carbocycles. The fourth-order valence-corrected chi connectivity index (χ4v) is 1.32. The van der Waals surface area contributed by atoms with Crippen LogP contribution in [0.1, 0.15) is 19.4 Å². The molecule has 0 amide bonds. The van der Waals surface area contributed by atoms with Gasteiger partial charge in [-0.25, -0.2) is 0 Å². The van der Waals surface area contributed by atoms with Crippen LogP contribution >= 0.6 is 0 Å². The summed E-state index contributed by atoms with van der Waals surface area (Å²) >= 11 is 0. The largest absolute Gasteiger partial charge is 0.469 e.